The minimum Gasteiger partial charge on any atom is -0.379 e. The van der Waals surface area contributed by atoms with Crippen LogP contribution in [-0.2, 0) is 4.74 Å². The molecule has 1 heterocycles. The van der Waals surface area contributed by atoms with Crippen molar-refractivity contribution in [3.8, 4) is 0 Å². The van der Waals surface area contributed by atoms with Crippen molar-refractivity contribution < 1.29 is 4.74 Å². The monoisotopic (exact) mass is 495 g/mol. The molecule has 2 rings (SSSR count). The summed E-state index contributed by atoms with van der Waals surface area (Å²) in [7, 11) is 2.11. The lowest BCUT2D eigenvalue weighted by Crippen LogP contribution is -2.46. The van der Waals surface area contributed by atoms with E-state index in [0.29, 0.717) is 0 Å². The van der Waals surface area contributed by atoms with Crippen molar-refractivity contribution in [2.75, 3.05) is 79.2 Å². The second-order valence-electron chi connectivity index (χ2n) is 7.66. The molecular weight excluding hydrogens is 453 g/mol. The summed E-state index contributed by atoms with van der Waals surface area (Å²) in [5, 5.41) is 3.40. The number of halogens is 1. The molecule has 0 aromatic carbocycles. The number of piperazine rings is 1. The van der Waals surface area contributed by atoms with E-state index in [1.54, 1.807) is 0 Å². The molecule has 0 aromatic heterocycles. The number of ether oxygens (including phenoxy) is 1. The topological polar surface area (TPSA) is 43.3 Å². The summed E-state index contributed by atoms with van der Waals surface area (Å²) in [5.74, 6) is 1.85. The van der Waals surface area contributed by atoms with Gasteiger partial charge in [0, 0.05) is 59.5 Å². The van der Waals surface area contributed by atoms with Gasteiger partial charge in [0.05, 0.1) is 6.61 Å². The molecule has 160 valence electrons. The van der Waals surface area contributed by atoms with E-state index in [0.717, 1.165) is 51.1 Å². The van der Waals surface area contributed by atoms with E-state index < -0.39 is 0 Å². The number of aliphatic imine (C=N–C) groups is 1. The first kappa shape index (κ1) is 24.9. The molecule has 0 unspecified atom stereocenters. The van der Waals surface area contributed by atoms with E-state index in [-0.39, 0.29) is 24.0 Å². The first-order valence-electron chi connectivity index (χ1n) is 10.7. The molecule has 6 nitrogen and oxygen atoms in total. The van der Waals surface area contributed by atoms with Crippen LogP contribution in [0.3, 0.4) is 0 Å². The number of guanidine groups is 1. The standard InChI is InChI=1S/C20H41N5O.HI/c1-4-21-20(23(3)16-17-26-18-19-8-9-19)22-10-6-7-11-25-14-12-24(5-2)13-15-25;/h19H,4-18H2,1-3H3,(H,21,22);1H. The molecule has 0 spiro atoms. The molecule has 0 aromatic rings. The van der Waals surface area contributed by atoms with Crippen molar-refractivity contribution >= 4 is 29.9 Å². The van der Waals surface area contributed by atoms with Gasteiger partial charge in [-0.2, -0.15) is 0 Å². The van der Waals surface area contributed by atoms with Gasteiger partial charge in [-0.05, 0) is 51.6 Å². The minimum atomic E-state index is 0. The molecule has 0 bridgehead atoms. The van der Waals surface area contributed by atoms with Gasteiger partial charge in [0.2, 0.25) is 0 Å². The van der Waals surface area contributed by atoms with Crippen molar-refractivity contribution in [1.82, 2.24) is 20.0 Å². The lowest BCUT2D eigenvalue weighted by Gasteiger charge is -2.33. The highest BCUT2D eigenvalue weighted by molar-refractivity contribution is 14.0. The Kier molecular flexibility index (Phi) is 13.7. The van der Waals surface area contributed by atoms with Crippen LogP contribution >= 0.6 is 24.0 Å². The fourth-order valence-electron chi connectivity index (χ4n) is 3.27. The maximum Gasteiger partial charge on any atom is 0.193 e. The average molecular weight is 495 g/mol. The Morgan fingerprint density at radius 2 is 1.81 bits per heavy atom. The van der Waals surface area contributed by atoms with Crippen molar-refractivity contribution in [3.63, 3.8) is 0 Å². The number of hydrogen-bond acceptors (Lipinski definition) is 4. The fraction of sp³-hybridized carbons (Fsp3) is 0.950. The molecule has 2 aliphatic rings. The zero-order valence-electron chi connectivity index (χ0n) is 17.8. The van der Waals surface area contributed by atoms with Crippen molar-refractivity contribution in [2.24, 2.45) is 10.9 Å². The minimum absolute atomic E-state index is 0. The summed E-state index contributed by atoms with van der Waals surface area (Å²) < 4.78 is 5.75. The van der Waals surface area contributed by atoms with Crippen molar-refractivity contribution in [3.05, 3.63) is 0 Å². The lowest BCUT2D eigenvalue weighted by atomic mass is 10.2. The smallest absolute Gasteiger partial charge is 0.193 e. The zero-order valence-corrected chi connectivity index (χ0v) is 20.1. The molecular formula is C20H42IN5O. The van der Waals surface area contributed by atoms with Crippen LogP contribution in [0, 0.1) is 5.92 Å². The fourth-order valence-corrected chi connectivity index (χ4v) is 3.27. The summed E-state index contributed by atoms with van der Waals surface area (Å²) in [5.41, 5.74) is 0. The van der Waals surface area contributed by atoms with E-state index in [1.807, 2.05) is 0 Å². The van der Waals surface area contributed by atoms with Gasteiger partial charge in [0.15, 0.2) is 5.96 Å². The maximum atomic E-state index is 5.75. The normalized spacial score (nSPS) is 19.0. The number of likely N-dealkylation sites (N-methyl/N-ethyl adjacent to an activating group) is 2. The Morgan fingerprint density at radius 3 is 2.44 bits per heavy atom. The number of unbranched alkanes of at least 4 members (excludes halogenated alkanes) is 1. The summed E-state index contributed by atoms with van der Waals surface area (Å²) >= 11 is 0. The van der Waals surface area contributed by atoms with Crippen LogP contribution in [0.5, 0.6) is 0 Å². The molecule has 1 aliphatic carbocycles. The van der Waals surface area contributed by atoms with Crippen molar-refractivity contribution in [2.45, 2.75) is 39.5 Å². The Balaban J connectivity index is 0.00000364. The largest absolute Gasteiger partial charge is 0.379 e. The van der Waals surface area contributed by atoms with Crippen molar-refractivity contribution in [1.29, 1.82) is 0 Å². The van der Waals surface area contributed by atoms with Gasteiger partial charge in [-0.3, -0.25) is 4.99 Å². The van der Waals surface area contributed by atoms with Crippen LogP contribution in [0.25, 0.3) is 0 Å². The summed E-state index contributed by atoms with van der Waals surface area (Å²) in [6, 6.07) is 0. The van der Waals surface area contributed by atoms with Crippen LogP contribution in [0.1, 0.15) is 39.5 Å². The Hall–Kier alpha value is -0.120. The second-order valence-corrected chi connectivity index (χ2v) is 7.66. The van der Waals surface area contributed by atoms with E-state index >= 15 is 0 Å². The maximum absolute atomic E-state index is 5.75. The van der Waals surface area contributed by atoms with E-state index in [1.165, 1.54) is 58.5 Å². The van der Waals surface area contributed by atoms with E-state index in [9.17, 15) is 0 Å². The third kappa shape index (κ3) is 10.9. The lowest BCUT2D eigenvalue weighted by molar-refractivity contribution is 0.115. The van der Waals surface area contributed by atoms with Crippen LogP contribution < -0.4 is 5.32 Å². The molecule has 0 radical (unpaired) electrons. The Labute approximate surface area is 184 Å². The molecule has 1 saturated heterocycles. The van der Waals surface area contributed by atoms with Gasteiger partial charge in [-0.15, -0.1) is 24.0 Å². The molecule has 27 heavy (non-hydrogen) atoms. The van der Waals surface area contributed by atoms with Crippen LogP contribution in [0.15, 0.2) is 4.99 Å². The molecule has 7 heteroatoms. The van der Waals surface area contributed by atoms with E-state index in [4.69, 9.17) is 9.73 Å². The van der Waals surface area contributed by atoms with Gasteiger partial charge in [-0.1, -0.05) is 6.92 Å². The number of nitrogens with one attached hydrogen (secondary N) is 1. The van der Waals surface area contributed by atoms with Crippen LogP contribution in [0.2, 0.25) is 0 Å². The third-order valence-corrected chi connectivity index (χ3v) is 5.37. The van der Waals surface area contributed by atoms with Gasteiger partial charge < -0.3 is 24.8 Å². The second kappa shape index (κ2) is 14.8. The molecule has 0 amide bonds. The Morgan fingerprint density at radius 1 is 1.11 bits per heavy atom. The summed E-state index contributed by atoms with van der Waals surface area (Å²) in [6.07, 6.45) is 5.11. The molecule has 2 fully saturated rings. The predicted octanol–water partition coefficient (Wildman–Crippen LogP) is 2.35. The van der Waals surface area contributed by atoms with Gasteiger partial charge in [0.25, 0.3) is 0 Å². The predicted molar refractivity (Wildman–Crippen MR) is 125 cm³/mol. The molecule has 1 N–H and O–H groups in total. The number of hydrogen-bond donors (Lipinski definition) is 1. The highest BCUT2D eigenvalue weighted by Crippen LogP contribution is 2.28. The molecule has 0 atom stereocenters. The molecule has 1 saturated carbocycles. The van der Waals surface area contributed by atoms with E-state index in [2.05, 4.69) is 40.9 Å². The molecule has 1 aliphatic heterocycles. The highest BCUT2D eigenvalue weighted by Gasteiger charge is 2.21. The Bertz CT molecular complexity index is 398. The van der Waals surface area contributed by atoms with Gasteiger partial charge >= 0.3 is 0 Å². The van der Waals surface area contributed by atoms with Crippen LogP contribution in [-0.4, -0.2) is 99.8 Å². The SMILES string of the molecule is CCNC(=NCCCCN1CCN(CC)CC1)N(C)CCOCC1CC1.I. The zero-order chi connectivity index (χ0) is 18.6. The van der Waals surface area contributed by atoms with Gasteiger partial charge in [-0.25, -0.2) is 0 Å². The highest BCUT2D eigenvalue weighted by atomic mass is 127. The number of nitrogens with zero attached hydrogens (tertiary/aromatic N) is 4. The van der Waals surface area contributed by atoms with Crippen LogP contribution in [0.4, 0.5) is 0 Å². The average Bonchev–Trinajstić information content (AvgIpc) is 3.49. The summed E-state index contributed by atoms with van der Waals surface area (Å²) in [6.45, 7) is 16.2. The third-order valence-electron chi connectivity index (χ3n) is 5.37. The first-order valence-corrected chi connectivity index (χ1v) is 10.7. The first-order chi connectivity index (χ1) is 12.7. The summed E-state index contributed by atoms with van der Waals surface area (Å²) in [4.78, 5) is 12.1. The number of rotatable bonds is 12. The van der Waals surface area contributed by atoms with Gasteiger partial charge in [0.1, 0.15) is 0 Å². The quantitative estimate of drug-likeness (QED) is 0.195.